The summed E-state index contributed by atoms with van der Waals surface area (Å²) in [6.07, 6.45) is 2.22. The highest BCUT2D eigenvalue weighted by atomic mass is 16.6. The lowest BCUT2D eigenvalue weighted by Crippen LogP contribution is -2.54. The number of nitrogens with one attached hydrogen (secondary N) is 2. The largest absolute Gasteiger partial charge is 0.508 e. The number of phenolic OH excluding ortho intramolecular Hbond substituents is 1. The average molecular weight is 538 g/mol. The summed E-state index contributed by atoms with van der Waals surface area (Å²) < 4.78 is 10.1. The zero-order valence-electron chi connectivity index (χ0n) is 23.1. The van der Waals surface area contributed by atoms with Crippen LogP contribution < -0.4 is 10.6 Å². The number of rotatable bonds is 15. The van der Waals surface area contributed by atoms with Crippen molar-refractivity contribution >= 4 is 23.9 Å². The maximum absolute atomic E-state index is 13.7. The van der Waals surface area contributed by atoms with Gasteiger partial charge < -0.3 is 35.2 Å². The van der Waals surface area contributed by atoms with E-state index in [2.05, 4.69) is 10.6 Å². The van der Waals surface area contributed by atoms with E-state index < -0.39 is 48.2 Å². The van der Waals surface area contributed by atoms with E-state index in [0.717, 1.165) is 19.3 Å². The molecule has 38 heavy (non-hydrogen) atoms. The lowest BCUT2D eigenvalue weighted by Gasteiger charge is -2.34. The molecule has 2 atom stereocenters. The minimum Gasteiger partial charge on any atom is -0.508 e. The van der Waals surface area contributed by atoms with Crippen molar-refractivity contribution in [3.05, 3.63) is 29.8 Å². The second kappa shape index (κ2) is 16.5. The molecule has 0 radical (unpaired) electrons. The Balaban J connectivity index is 3.33. The third kappa shape index (κ3) is 11.4. The Morgan fingerprint density at radius 3 is 2.32 bits per heavy atom. The summed E-state index contributed by atoms with van der Waals surface area (Å²) in [6.45, 7) is 8.26. The second-order valence-electron chi connectivity index (χ2n) is 9.78. The number of aliphatic hydroxyl groups excluding tert-OH is 1. The SMILES string of the molecule is CCCCCCN(C(=O)C(CO)NC(=O)OC(C)(C)C)C(C(=O)NCCC(=O)OCC)c1ccccc1O. The first-order valence-electron chi connectivity index (χ1n) is 13.1. The lowest BCUT2D eigenvalue weighted by molar-refractivity contribution is -0.144. The monoisotopic (exact) mass is 537 g/mol. The Kier molecular flexibility index (Phi) is 14.2. The van der Waals surface area contributed by atoms with Crippen LogP contribution in [-0.2, 0) is 23.9 Å². The molecule has 0 heterocycles. The summed E-state index contributed by atoms with van der Waals surface area (Å²) in [4.78, 5) is 52.5. The van der Waals surface area contributed by atoms with Gasteiger partial charge in [0.15, 0.2) is 0 Å². The molecule has 0 aliphatic carbocycles. The van der Waals surface area contributed by atoms with Crippen LogP contribution in [0.3, 0.4) is 0 Å². The normalized spacial score (nSPS) is 12.7. The number of ether oxygens (including phenoxy) is 2. The van der Waals surface area contributed by atoms with E-state index in [-0.39, 0.29) is 37.4 Å². The molecule has 2 unspecified atom stereocenters. The van der Waals surface area contributed by atoms with E-state index in [4.69, 9.17) is 9.47 Å². The fraction of sp³-hybridized carbons (Fsp3) is 0.630. The van der Waals surface area contributed by atoms with E-state index >= 15 is 0 Å². The standard InChI is InChI=1S/C27H43N3O8/c1-6-8-9-12-17-30(25(35)20(18-31)29-26(36)38-27(3,4)5)23(19-13-10-11-14-21(19)32)24(34)28-16-15-22(33)37-7-2/h10-11,13-14,20,23,31-32H,6-9,12,15-18H2,1-5H3,(H,28,34)(H,29,36). The Bertz CT molecular complexity index is 916. The number of carbonyl (C=O) groups excluding carboxylic acids is 4. The zero-order chi connectivity index (χ0) is 28.7. The van der Waals surface area contributed by atoms with Gasteiger partial charge in [0.25, 0.3) is 0 Å². The fourth-order valence-corrected chi connectivity index (χ4v) is 3.70. The van der Waals surface area contributed by atoms with Gasteiger partial charge in [0, 0.05) is 18.7 Å². The number of carbonyl (C=O) groups is 4. The third-order valence-electron chi connectivity index (χ3n) is 5.43. The van der Waals surface area contributed by atoms with Gasteiger partial charge >= 0.3 is 12.1 Å². The molecule has 0 spiro atoms. The Morgan fingerprint density at radius 1 is 1.05 bits per heavy atom. The maximum Gasteiger partial charge on any atom is 0.408 e. The summed E-state index contributed by atoms with van der Waals surface area (Å²) in [5.41, 5.74) is -0.664. The molecule has 214 valence electrons. The topological polar surface area (TPSA) is 154 Å². The molecule has 0 aliphatic rings. The lowest BCUT2D eigenvalue weighted by atomic mass is 10.0. The van der Waals surface area contributed by atoms with Gasteiger partial charge in [-0.05, 0) is 40.2 Å². The van der Waals surface area contributed by atoms with E-state index in [9.17, 15) is 29.4 Å². The summed E-state index contributed by atoms with van der Waals surface area (Å²) in [5, 5.41) is 25.6. The predicted octanol–water partition coefficient (Wildman–Crippen LogP) is 2.80. The molecule has 0 fully saturated rings. The highest BCUT2D eigenvalue weighted by molar-refractivity contribution is 5.92. The number of alkyl carbamates (subject to hydrolysis) is 1. The third-order valence-corrected chi connectivity index (χ3v) is 5.43. The first-order valence-corrected chi connectivity index (χ1v) is 13.1. The van der Waals surface area contributed by atoms with Crippen LogP contribution in [-0.4, -0.2) is 76.9 Å². The van der Waals surface area contributed by atoms with Crippen molar-refractivity contribution in [3.8, 4) is 5.75 Å². The molecule has 0 aromatic heterocycles. The van der Waals surface area contributed by atoms with Crippen molar-refractivity contribution in [1.29, 1.82) is 0 Å². The van der Waals surface area contributed by atoms with Gasteiger partial charge in [0.2, 0.25) is 11.8 Å². The van der Waals surface area contributed by atoms with Crippen LogP contribution in [0, 0.1) is 0 Å². The molecule has 3 amide bonds. The van der Waals surface area contributed by atoms with Gasteiger partial charge in [-0.15, -0.1) is 0 Å². The van der Waals surface area contributed by atoms with Crippen LogP contribution in [0.4, 0.5) is 4.79 Å². The minimum absolute atomic E-state index is 0.0424. The Morgan fingerprint density at radius 2 is 1.74 bits per heavy atom. The molecule has 0 aliphatic heterocycles. The van der Waals surface area contributed by atoms with E-state index in [1.54, 1.807) is 39.8 Å². The fourth-order valence-electron chi connectivity index (χ4n) is 3.70. The summed E-state index contributed by atoms with van der Waals surface area (Å²) in [5.74, 6) is -2.04. The smallest absolute Gasteiger partial charge is 0.408 e. The van der Waals surface area contributed by atoms with E-state index in [0.29, 0.717) is 6.42 Å². The van der Waals surface area contributed by atoms with Gasteiger partial charge in [-0.2, -0.15) is 0 Å². The number of nitrogens with zero attached hydrogens (tertiary/aromatic N) is 1. The van der Waals surface area contributed by atoms with Crippen LogP contribution in [0.5, 0.6) is 5.75 Å². The van der Waals surface area contributed by atoms with Crippen LogP contribution in [0.2, 0.25) is 0 Å². The molecule has 0 saturated carbocycles. The van der Waals surface area contributed by atoms with Crippen LogP contribution in [0.25, 0.3) is 0 Å². The molecular weight excluding hydrogens is 494 g/mol. The summed E-state index contributed by atoms with van der Waals surface area (Å²) in [6, 6.07) is 3.44. The molecule has 1 aromatic rings. The molecule has 0 saturated heterocycles. The highest BCUT2D eigenvalue weighted by Crippen LogP contribution is 2.30. The van der Waals surface area contributed by atoms with Crippen molar-refractivity contribution in [2.45, 2.75) is 84.4 Å². The van der Waals surface area contributed by atoms with Gasteiger partial charge in [-0.3, -0.25) is 14.4 Å². The number of esters is 1. The van der Waals surface area contributed by atoms with Crippen LogP contribution in [0.1, 0.15) is 78.3 Å². The van der Waals surface area contributed by atoms with Crippen molar-refractivity contribution in [1.82, 2.24) is 15.5 Å². The maximum atomic E-state index is 13.7. The van der Waals surface area contributed by atoms with E-state index in [1.165, 1.54) is 17.0 Å². The van der Waals surface area contributed by atoms with Gasteiger partial charge in [0.05, 0.1) is 19.6 Å². The Hall–Kier alpha value is -3.34. The molecule has 11 heteroatoms. The number of hydrogen-bond acceptors (Lipinski definition) is 8. The summed E-state index contributed by atoms with van der Waals surface area (Å²) in [7, 11) is 0. The first kappa shape index (κ1) is 32.7. The molecule has 0 bridgehead atoms. The number of benzene rings is 1. The number of para-hydroxylation sites is 1. The summed E-state index contributed by atoms with van der Waals surface area (Å²) >= 11 is 0. The predicted molar refractivity (Wildman–Crippen MR) is 141 cm³/mol. The van der Waals surface area contributed by atoms with Gasteiger partial charge in [-0.25, -0.2) is 4.79 Å². The van der Waals surface area contributed by atoms with Crippen molar-refractivity contribution in [3.63, 3.8) is 0 Å². The Labute approximate surface area is 224 Å². The average Bonchev–Trinajstić information content (AvgIpc) is 2.84. The quantitative estimate of drug-likeness (QED) is 0.197. The molecule has 1 aromatic carbocycles. The molecule has 4 N–H and O–H groups in total. The zero-order valence-corrected chi connectivity index (χ0v) is 23.1. The number of unbranched alkanes of at least 4 members (excludes halogenated alkanes) is 3. The van der Waals surface area contributed by atoms with E-state index in [1.807, 2.05) is 6.92 Å². The van der Waals surface area contributed by atoms with Gasteiger partial charge in [-0.1, -0.05) is 44.4 Å². The molecule has 1 rings (SSSR count). The number of aliphatic hydroxyl groups is 1. The van der Waals surface area contributed by atoms with Crippen molar-refractivity contribution in [2.24, 2.45) is 0 Å². The molecule has 11 nitrogen and oxygen atoms in total. The van der Waals surface area contributed by atoms with Crippen LogP contribution >= 0.6 is 0 Å². The number of phenols is 1. The number of amides is 3. The highest BCUT2D eigenvalue weighted by Gasteiger charge is 2.37. The minimum atomic E-state index is -1.39. The van der Waals surface area contributed by atoms with Crippen molar-refractivity contribution in [2.75, 3.05) is 26.3 Å². The molecular formula is C27H43N3O8. The van der Waals surface area contributed by atoms with Gasteiger partial charge in [0.1, 0.15) is 23.4 Å². The van der Waals surface area contributed by atoms with Crippen molar-refractivity contribution < 1.29 is 38.9 Å². The van der Waals surface area contributed by atoms with Crippen LogP contribution in [0.15, 0.2) is 24.3 Å². The first-order chi connectivity index (χ1) is 17.9. The number of aromatic hydroxyl groups is 1. The number of hydrogen-bond donors (Lipinski definition) is 4. The second-order valence-corrected chi connectivity index (χ2v) is 9.78.